The van der Waals surface area contributed by atoms with Crippen LogP contribution in [0.3, 0.4) is 0 Å². The molecule has 136 heavy (non-hydrogen) atoms. The zero-order valence-electron chi connectivity index (χ0n) is 74.7. The number of hydrogen-bond acceptors (Lipinski definition) is 28. The lowest BCUT2D eigenvalue weighted by Gasteiger charge is -2.36. The van der Waals surface area contributed by atoms with E-state index in [1.807, 2.05) is 0 Å². The quantitative estimate of drug-likeness (QED) is 0.00566. The maximum atomic E-state index is 14.3. The molecule has 2 aromatic heterocycles. The second-order valence-corrected chi connectivity index (χ2v) is 31.9. The number of aromatic nitrogens is 4. The van der Waals surface area contributed by atoms with Crippen molar-refractivity contribution in [3.05, 3.63) is 119 Å². The first kappa shape index (κ1) is 106. The van der Waals surface area contributed by atoms with Crippen LogP contribution in [0.5, 0.6) is 23.0 Å². The van der Waals surface area contributed by atoms with Crippen LogP contribution in [-0.4, -0.2) is 280 Å². The number of rotatable bonds is 50. The van der Waals surface area contributed by atoms with Crippen LogP contribution in [0.4, 0.5) is 4.79 Å². The summed E-state index contributed by atoms with van der Waals surface area (Å²) in [5.74, 6) is -24.0. The molecule has 5 aromatic rings. The number of phenolic OH excluding ortho intramolecular Hbond substituents is 2. The Hall–Kier alpha value is -16.6. The summed E-state index contributed by atoms with van der Waals surface area (Å²) in [4.78, 5) is 295. The summed E-state index contributed by atoms with van der Waals surface area (Å²) in [5.41, 5.74) is 17.6. The van der Waals surface area contributed by atoms with Crippen LogP contribution in [0.2, 0.25) is 0 Å². The van der Waals surface area contributed by atoms with Crippen molar-refractivity contribution in [2.75, 3.05) is 20.1 Å². The molecule has 18 amide bonds. The lowest BCUT2D eigenvalue weighted by atomic mass is 9.77. The van der Waals surface area contributed by atoms with Gasteiger partial charge in [0.2, 0.25) is 82.7 Å². The fourth-order valence-corrected chi connectivity index (χ4v) is 13.7. The molecule has 0 saturated carbocycles. The minimum Gasteiger partial charge on any atom is -0.508 e. The predicted octanol–water partition coefficient (Wildman–Crippen LogP) is -6.45. The van der Waals surface area contributed by atoms with Crippen molar-refractivity contribution in [3.63, 3.8) is 0 Å². The number of aromatic amines is 2. The van der Waals surface area contributed by atoms with Gasteiger partial charge in [-0.05, 0) is 109 Å². The van der Waals surface area contributed by atoms with Crippen molar-refractivity contribution >= 4 is 130 Å². The van der Waals surface area contributed by atoms with Gasteiger partial charge >= 0.3 is 29.9 Å². The molecule has 0 saturated heterocycles. The van der Waals surface area contributed by atoms with E-state index in [0.29, 0.717) is 16.1 Å². The molecular formula is C83H109N25O28. The van der Waals surface area contributed by atoms with Gasteiger partial charge in [-0.3, -0.25) is 97.1 Å². The molecule has 30 N–H and O–H groups in total. The van der Waals surface area contributed by atoms with E-state index in [9.17, 15) is 126 Å². The lowest BCUT2D eigenvalue weighted by molar-refractivity contribution is -0.142. The Labute approximate surface area is 773 Å². The van der Waals surface area contributed by atoms with Crippen LogP contribution in [0.15, 0.2) is 79.6 Å². The summed E-state index contributed by atoms with van der Waals surface area (Å²) in [5, 5.41) is 92.5. The summed E-state index contributed by atoms with van der Waals surface area (Å²) in [6.45, 7) is 8.17. The van der Waals surface area contributed by atoms with E-state index in [2.05, 4.69) is 105 Å². The molecular weight excluding hydrogens is 1800 g/mol. The van der Waals surface area contributed by atoms with Gasteiger partial charge in [0.1, 0.15) is 102 Å². The number of imidazole rings is 2. The second-order valence-electron chi connectivity index (χ2n) is 31.9. The van der Waals surface area contributed by atoms with Crippen molar-refractivity contribution in [2.45, 2.75) is 210 Å². The smallest absolute Gasteiger partial charge is 0.340 e. The molecule has 0 aliphatic carbocycles. The van der Waals surface area contributed by atoms with E-state index >= 15 is 0 Å². The van der Waals surface area contributed by atoms with Gasteiger partial charge in [-0.2, -0.15) is 0 Å². The average Bonchev–Trinajstić information content (AvgIpc) is 1.50. The fraction of sp³-hybridized carbons (Fsp3) is 0.446. The molecule has 734 valence electrons. The Morgan fingerprint density at radius 2 is 0.919 bits per heavy atom. The van der Waals surface area contributed by atoms with Crippen LogP contribution in [0.1, 0.15) is 161 Å². The molecule has 0 radical (unpaired) electrons. The number of nitrogens with two attached hydrogens (primary N) is 3. The van der Waals surface area contributed by atoms with E-state index in [1.165, 1.54) is 107 Å². The van der Waals surface area contributed by atoms with Crippen molar-refractivity contribution in [1.29, 1.82) is 5.41 Å². The number of guanidine groups is 1. The van der Waals surface area contributed by atoms with Crippen LogP contribution in [0.25, 0.3) is 0 Å². The molecule has 3 aromatic carbocycles. The summed E-state index contributed by atoms with van der Waals surface area (Å²) < 4.78 is 12.1. The number of esters is 1. The monoisotopic (exact) mass is 1900 g/mol. The van der Waals surface area contributed by atoms with E-state index < -0.39 is 266 Å². The number of aromatic hydroxyl groups is 2. The van der Waals surface area contributed by atoms with Gasteiger partial charge in [0, 0.05) is 92.5 Å². The molecule has 2 aliphatic rings. The number of H-pyrrole nitrogens is 2. The number of carboxylic acids is 3. The number of carbonyl (C=O) groups excluding carboxylic acids is 18. The Morgan fingerprint density at radius 1 is 0.478 bits per heavy atom. The average molecular weight is 1900 g/mol. The third-order valence-electron chi connectivity index (χ3n) is 21.3. The highest BCUT2D eigenvalue weighted by Crippen LogP contribution is 2.57. The van der Waals surface area contributed by atoms with Crippen molar-refractivity contribution < 1.29 is 136 Å². The highest BCUT2D eigenvalue weighted by molar-refractivity contribution is 6.05. The molecule has 53 heteroatoms. The molecule has 1 spiro atoms. The van der Waals surface area contributed by atoms with Crippen LogP contribution in [-0.2, 0) is 109 Å². The van der Waals surface area contributed by atoms with Gasteiger partial charge in [0.15, 0.2) is 11.6 Å². The third kappa shape index (κ3) is 30.5. The first-order chi connectivity index (χ1) is 64.1. The molecule has 53 nitrogen and oxygen atoms in total. The number of benzene rings is 3. The number of carboxylic acid groups (broad SMARTS) is 3. The number of nitrogens with one attached hydrogen (secondary N) is 19. The summed E-state index contributed by atoms with van der Waals surface area (Å²) in [7, 11) is 1.06. The lowest BCUT2D eigenvalue weighted by Crippen LogP contribution is -2.61. The van der Waals surface area contributed by atoms with Gasteiger partial charge < -0.3 is 142 Å². The number of amides is 18. The van der Waals surface area contributed by atoms with Gasteiger partial charge in [-0.1, -0.05) is 26.3 Å². The first-order valence-corrected chi connectivity index (χ1v) is 42.3. The van der Waals surface area contributed by atoms with Crippen LogP contribution >= 0.6 is 0 Å². The molecule has 0 bridgehead atoms. The number of hydrogen-bond donors (Lipinski definition) is 27. The molecule has 2 aliphatic heterocycles. The summed E-state index contributed by atoms with van der Waals surface area (Å²) in [6.07, 6.45) is -0.163. The highest BCUT2D eigenvalue weighted by Gasteiger charge is 2.54. The van der Waals surface area contributed by atoms with Gasteiger partial charge in [-0.15, -0.1) is 0 Å². The molecule has 7 rings (SSSR count). The number of aliphatic carboxylic acids is 3. The normalized spacial score (nSPS) is 14.9. The number of nitrogens with zero attached hydrogens (tertiary/aromatic N) is 3. The molecule has 0 unspecified atom stereocenters. The summed E-state index contributed by atoms with van der Waals surface area (Å²) >= 11 is 0. The van der Waals surface area contributed by atoms with E-state index in [1.54, 1.807) is 6.92 Å². The van der Waals surface area contributed by atoms with Crippen molar-refractivity contribution in [1.82, 2.24) is 110 Å². The predicted molar refractivity (Wildman–Crippen MR) is 467 cm³/mol. The van der Waals surface area contributed by atoms with E-state index in [-0.39, 0.29) is 95.7 Å². The van der Waals surface area contributed by atoms with Crippen LogP contribution < -0.4 is 107 Å². The largest absolute Gasteiger partial charge is 0.508 e. The Kier molecular flexibility index (Phi) is 38.4. The molecule has 0 fully saturated rings. The van der Waals surface area contributed by atoms with Gasteiger partial charge in [0.25, 0.3) is 11.8 Å². The standard InChI is InChI=1S/C83H109N25O28/c1-9-36(2)65(78(130)104-57(30-61(85)112)77(129)102-52(19-22-63(114)115)73(125)95-37(3)66(118)91-33-62(113)99-54(79(131)132)11-10-24-90-81(86)87)106-74(126)53(20-23-64(116)117)100-68(120)40(6)97-75(127)55(26-43-31-88-34-92-43)103-69(121)39(5)94-67(119)38(4)96-76(128)56(27-44-32-89-35-93-44)105-82(134)108(8)107-70(122)41(7)98-72(124)51(18-21-60(84)111)101-71(123)42-12-15-48-47(25-42)80(133)136-83(48)49-16-13-45(109)28-58(49)135-59-29-46(110)14-17-50(59)83/h12-17,25,28-29,31-32,34-41,51-57,65,109-110H,9-11,18-24,26-27,30,33H2,1-8H3,(H2,84,111)(H2,85,112)(H,88,92)(H,89,93)(H,91,118)(H,94,119)(H,95,125)(H,96,128)(H,97,127)(H,98,124)(H,99,113)(H,100,120)(H,101,123)(H,102,129)(H,103,121)(H,104,130)(H,105,134)(H,106,126)(H,107,122)(H,114,115)(H,116,117)(H,131,132)(H4,86,87,90)/t36-,37-,38-,39-,40-,41-,51-,52-,53-,54-,55-,56-,57-,65-/m0/s1. The minimum absolute atomic E-state index is 0.0834. The number of hydrazine groups is 1. The van der Waals surface area contributed by atoms with Crippen LogP contribution in [0, 0.1) is 11.3 Å². The van der Waals surface area contributed by atoms with E-state index in [0.717, 1.165) is 20.9 Å². The zero-order valence-corrected chi connectivity index (χ0v) is 74.7. The Morgan fingerprint density at radius 3 is 1.40 bits per heavy atom. The number of ether oxygens (including phenoxy) is 2. The highest BCUT2D eigenvalue weighted by atomic mass is 16.6. The number of primary amides is 2. The fourth-order valence-electron chi connectivity index (χ4n) is 13.7. The number of phenols is 2. The Balaban J connectivity index is 0.935. The SMILES string of the molecule is CC[C@H](C)[C@H](NC(=O)[C@H](CCC(=O)O)NC(=O)[C@H](C)NC(=O)[C@H](Cc1c[nH]cn1)NC(=O)[C@H](C)NC(=O)[C@H](C)NC(=O)[C@H](Cc1c[nH]cn1)NC(=O)N(C)NC(=O)[C@H](C)NC(=O)[C@H](CCC(N)=O)NC(=O)c1ccc2c(c1)C(=O)OC21c2ccc(O)cc2Oc2cc(O)ccc21)C(=O)N[C@@H](CC(N)=O)C(=O)N[C@@H](CCC(=O)O)C(=O)N[C@@H](C)C(=O)NCC(=O)N[C@@H](CCCNC(=N)N)C(=O)O. The summed E-state index contributed by atoms with van der Waals surface area (Å²) in [6, 6.07) is -10.2. The molecule has 14 atom stereocenters. The van der Waals surface area contributed by atoms with Gasteiger partial charge in [-0.25, -0.2) is 29.4 Å². The van der Waals surface area contributed by atoms with E-state index in [4.69, 9.17) is 32.1 Å². The second kappa shape index (κ2) is 49.1. The number of carbonyl (C=O) groups is 21. The Bertz CT molecular complexity index is 5290. The maximum Gasteiger partial charge on any atom is 0.340 e. The first-order valence-electron chi connectivity index (χ1n) is 42.3. The third-order valence-corrected chi connectivity index (χ3v) is 21.3. The van der Waals surface area contributed by atoms with Crippen molar-refractivity contribution in [2.24, 2.45) is 23.1 Å². The molecule has 4 heterocycles. The zero-order chi connectivity index (χ0) is 101. The van der Waals surface area contributed by atoms with Crippen molar-refractivity contribution in [3.8, 4) is 23.0 Å². The minimum atomic E-state index is -1.99. The van der Waals surface area contributed by atoms with Gasteiger partial charge in [0.05, 0.1) is 42.6 Å². The topological polar surface area (TPSA) is 833 Å². The number of fused-ring (bicyclic) bond motifs is 6. The number of urea groups is 1. The maximum absolute atomic E-state index is 14.3.